The first-order chi connectivity index (χ1) is 10.1. The van der Waals surface area contributed by atoms with Gasteiger partial charge in [-0.1, -0.05) is 17.9 Å². The van der Waals surface area contributed by atoms with Gasteiger partial charge < -0.3 is 10.0 Å². The zero-order valence-corrected chi connectivity index (χ0v) is 12.8. The van der Waals surface area contributed by atoms with Crippen LogP contribution in [0.2, 0.25) is 0 Å². The van der Waals surface area contributed by atoms with E-state index in [1.165, 1.54) is 6.07 Å². The van der Waals surface area contributed by atoms with Crippen LogP contribution in [-0.4, -0.2) is 54.7 Å². The maximum atomic E-state index is 14.1. The molecule has 1 aromatic carbocycles. The average Bonchev–Trinajstić information content (AvgIpc) is 2.48. The highest BCUT2D eigenvalue weighted by Crippen LogP contribution is 2.18. The minimum atomic E-state index is -0.213. The summed E-state index contributed by atoms with van der Waals surface area (Å²) in [6, 6.07) is 5.70. The monoisotopic (exact) mass is 290 g/mol. The number of likely N-dealkylation sites (tertiary alicyclic amines) is 1. The molecule has 4 heteroatoms. The van der Waals surface area contributed by atoms with Crippen molar-refractivity contribution in [1.82, 2.24) is 9.80 Å². The van der Waals surface area contributed by atoms with Gasteiger partial charge in [-0.3, -0.25) is 4.90 Å². The zero-order valence-electron chi connectivity index (χ0n) is 12.8. The third-order valence-corrected chi connectivity index (χ3v) is 4.05. The van der Waals surface area contributed by atoms with Crippen molar-refractivity contribution in [3.63, 3.8) is 0 Å². The molecule has 3 nitrogen and oxygen atoms in total. The molecule has 0 saturated carbocycles. The van der Waals surface area contributed by atoms with Gasteiger partial charge in [-0.2, -0.15) is 0 Å². The van der Waals surface area contributed by atoms with Gasteiger partial charge in [0.15, 0.2) is 0 Å². The second-order valence-corrected chi connectivity index (χ2v) is 5.74. The van der Waals surface area contributed by atoms with Crippen LogP contribution in [0.5, 0.6) is 0 Å². The van der Waals surface area contributed by atoms with Crippen molar-refractivity contribution in [3.8, 4) is 11.8 Å². The Bertz CT molecular complexity index is 525. The van der Waals surface area contributed by atoms with Gasteiger partial charge in [-0.05, 0) is 52.2 Å². The van der Waals surface area contributed by atoms with Crippen LogP contribution in [0.4, 0.5) is 4.39 Å². The van der Waals surface area contributed by atoms with Crippen LogP contribution >= 0.6 is 0 Å². The van der Waals surface area contributed by atoms with E-state index in [1.54, 1.807) is 6.07 Å². The van der Waals surface area contributed by atoms with Crippen molar-refractivity contribution in [2.45, 2.75) is 25.4 Å². The van der Waals surface area contributed by atoms with E-state index in [-0.39, 0.29) is 12.4 Å². The number of hydrogen-bond donors (Lipinski definition) is 1. The topological polar surface area (TPSA) is 26.7 Å². The zero-order chi connectivity index (χ0) is 15.2. The molecule has 1 saturated heterocycles. The van der Waals surface area contributed by atoms with Crippen LogP contribution in [0.1, 0.15) is 24.0 Å². The molecule has 1 aliphatic rings. The minimum Gasteiger partial charge on any atom is -0.384 e. The molecule has 0 unspecified atom stereocenters. The van der Waals surface area contributed by atoms with Crippen LogP contribution in [-0.2, 0) is 6.54 Å². The van der Waals surface area contributed by atoms with Gasteiger partial charge >= 0.3 is 0 Å². The number of benzene rings is 1. The first-order valence-electron chi connectivity index (χ1n) is 7.37. The molecule has 1 N–H and O–H groups in total. The van der Waals surface area contributed by atoms with Crippen molar-refractivity contribution in [3.05, 3.63) is 35.1 Å². The minimum absolute atomic E-state index is 0.204. The first kappa shape index (κ1) is 16.0. The van der Waals surface area contributed by atoms with E-state index < -0.39 is 0 Å². The van der Waals surface area contributed by atoms with E-state index in [1.807, 2.05) is 6.07 Å². The van der Waals surface area contributed by atoms with E-state index in [0.29, 0.717) is 23.7 Å². The third kappa shape index (κ3) is 4.53. The SMILES string of the molecule is CN(C)C1CCN(Cc2ccc(C#CCO)cc2F)CC1. The number of piperidine rings is 1. The Morgan fingerprint density at radius 1 is 1.33 bits per heavy atom. The van der Waals surface area contributed by atoms with Crippen molar-refractivity contribution in [2.75, 3.05) is 33.8 Å². The van der Waals surface area contributed by atoms with Gasteiger partial charge in [0.2, 0.25) is 0 Å². The molecular formula is C17H23FN2O. The molecule has 0 aliphatic carbocycles. The molecule has 0 atom stereocenters. The maximum Gasteiger partial charge on any atom is 0.128 e. The van der Waals surface area contributed by atoms with Crippen molar-refractivity contribution in [2.24, 2.45) is 0 Å². The molecule has 2 rings (SSSR count). The van der Waals surface area contributed by atoms with E-state index in [2.05, 4.69) is 35.7 Å². The molecule has 1 aromatic rings. The Morgan fingerprint density at radius 3 is 2.62 bits per heavy atom. The number of hydrogen-bond acceptors (Lipinski definition) is 3. The van der Waals surface area contributed by atoms with E-state index in [0.717, 1.165) is 25.9 Å². The predicted octanol–water partition coefficient (Wildman–Crippen LogP) is 1.70. The number of rotatable bonds is 3. The van der Waals surface area contributed by atoms with Gasteiger partial charge in [0.1, 0.15) is 12.4 Å². The van der Waals surface area contributed by atoms with Crippen molar-refractivity contribution in [1.29, 1.82) is 0 Å². The lowest BCUT2D eigenvalue weighted by molar-refractivity contribution is 0.139. The third-order valence-electron chi connectivity index (χ3n) is 4.05. The lowest BCUT2D eigenvalue weighted by Gasteiger charge is -2.35. The average molecular weight is 290 g/mol. The van der Waals surface area contributed by atoms with Crippen LogP contribution in [0.3, 0.4) is 0 Å². The molecule has 21 heavy (non-hydrogen) atoms. The van der Waals surface area contributed by atoms with Gasteiger partial charge in [-0.25, -0.2) is 4.39 Å². The normalized spacial score (nSPS) is 16.8. The Labute approximate surface area is 126 Å². The lowest BCUT2D eigenvalue weighted by atomic mass is 10.0. The second kappa shape index (κ2) is 7.56. The van der Waals surface area contributed by atoms with Crippen LogP contribution in [0.15, 0.2) is 18.2 Å². The Morgan fingerprint density at radius 2 is 2.05 bits per heavy atom. The Kier molecular flexibility index (Phi) is 5.75. The van der Waals surface area contributed by atoms with Gasteiger partial charge in [-0.15, -0.1) is 0 Å². The fourth-order valence-corrected chi connectivity index (χ4v) is 2.73. The maximum absolute atomic E-state index is 14.1. The number of aliphatic hydroxyl groups excluding tert-OH is 1. The van der Waals surface area contributed by atoms with Gasteiger partial charge in [0.25, 0.3) is 0 Å². The number of halogens is 1. The van der Waals surface area contributed by atoms with Crippen LogP contribution < -0.4 is 0 Å². The quantitative estimate of drug-likeness (QED) is 0.858. The van der Waals surface area contributed by atoms with Crippen molar-refractivity contribution < 1.29 is 9.50 Å². The molecule has 0 amide bonds. The molecular weight excluding hydrogens is 267 g/mol. The molecule has 1 heterocycles. The highest BCUT2D eigenvalue weighted by atomic mass is 19.1. The molecule has 0 bridgehead atoms. The fourth-order valence-electron chi connectivity index (χ4n) is 2.73. The molecule has 1 fully saturated rings. The molecule has 0 radical (unpaired) electrons. The van der Waals surface area contributed by atoms with E-state index in [9.17, 15) is 4.39 Å². The number of aliphatic hydroxyl groups is 1. The molecule has 0 aromatic heterocycles. The Balaban J connectivity index is 1.95. The summed E-state index contributed by atoms with van der Waals surface area (Å²) < 4.78 is 14.1. The highest BCUT2D eigenvalue weighted by Gasteiger charge is 2.21. The van der Waals surface area contributed by atoms with E-state index >= 15 is 0 Å². The lowest BCUT2D eigenvalue weighted by Crippen LogP contribution is -2.41. The van der Waals surface area contributed by atoms with Crippen molar-refractivity contribution >= 4 is 0 Å². The standard InChI is InChI=1S/C17H23FN2O/c1-19(2)16-7-9-20(10-8-16)13-15-6-5-14(4-3-11-21)12-17(15)18/h5-6,12,16,21H,7-11,13H2,1-2H3. The summed E-state index contributed by atoms with van der Waals surface area (Å²) in [7, 11) is 4.23. The molecule has 1 aliphatic heterocycles. The first-order valence-corrected chi connectivity index (χ1v) is 7.37. The van der Waals surface area contributed by atoms with Gasteiger partial charge in [0.05, 0.1) is 0 Å². The summed E-state index contributed by atoms with van der Waals surface area (Å²) in [5.41, 5.74) is 1.32. The summed E-state index contributed by atoms with van der Waals surface area (Å²) in [6.07, 6.45) is 2.27. The highest BCUT2D eigenvalue weighted by molar-refractivity contribution is 5.37. The van der Waals surface area contributed by atoms with Gasteiger partial charge in [0, 0.05) is 23.7 Å². The van der Waals surface area contributed by atoms with E-state index in [4.69, 9.17) is 5.11 Å². The second-order valence-electron chi connectivity index (χ2n) is 5.74. The Hall–Kier alpha value is -1.41. The number of nitrogens with zero attached hydrogens (tertiary/aromatic N) is 2. The molecule has 0 spiro atoms. The summed E-state index contributed by atoms with van der Waals surface area (Å²) in [4.78, 5) is 4.57. The predicted molar refractivity (Wildman–Crippen MR) is 82.3 cm³/mol. The summed E-state index contributed by atoms with van der Waals surface area (Å²) in [6.45, 7) is 2.46. The summed E-state index contributed by atoms with van der Waals surface area (Å²) >= 11 is 0. The van der Waals surface area contributed by atoms with Crippen LogP contribution in [0.25, 0.3) is 0 Å². The summed E-state index contributed by atoms with van der Waals surface area (Å²) in [5.74, 6) is 5.04. The van der Waals surface area contributed by atoms with Crippen LogP contribution in [0, 0.1) is 17.7 Å². The summed E-state index contributed by atoms with van der Waals surface area (Å²) in [5, 5.41) is 8.65. The molecule has 114 valence electrons. The smallest absolute Gasteiger partial charge is 0.128 e. The fraction of sp³-hybridized carbons (Fsp3) is 0.529. The largest absolute Gasteiger partial charge is 0.384 e.